The first-order chi connectivity index (χ1) is 6.92. The molecule has 1 fully saturated rings. The summed E-state index contributed by atoms with van der Waals surface area (Å²) in [6.45, 7) is 4.43. The van der Waals surface area contributed by atoms with Gasteiger partial charge >= 0.3 is 0 Å². The number of hydrogen-bond donors (Lipinski definition) is 2. The fourth-order valence-corrected chi connectivity index (χ4v) is 2.53. The van der Waals surface area contributed by atoms with Gasteiger partial charge in [-0.2, -0.15) is 0 Å². The van der Waals surface area contributed by atoms with Crippen LogP contribution in [0, 0.1) is 5.92 Å². The number of primary sulfonamides is 1. The third kappa shape index (κ3) is 4.46. The minimum Gasteiger partial charge on any atom is -0.327 e. The standard InChI is InChI=1S/C9H21N3O2S/c1-2-8-7-12(4-3-9(8)10)5-6-15(11,13)14/h8-9H,2-7,10H2,1H3,(H2,11,13,14). The summed E-state index contributed by atoms with van der Waals surface area (Å²) < 4.78 is 21.6. The lowest BCUT2D eigenvalue weighted by Crippen LogP contribution is -2.48. The molecule has 0 aromatic carbocycles. The number of likely N-dealkylation sites (tertiary alicyclic amines) is 1. The van der Waals surface area contributed by atoms with E-state index in [1.165, 1.54) is 0 Å². The molecule has 1 heterocycles. The summed E-state index contributed by atoms with van der Waals surface area (Å²) in [7, 11) is -3.33. The van der Waals surface area contributed by atoms with Gasteiger partial charge in [-0.15, -0.1) is 0 Å². The molecule has 0 saturated carbocycles. The van der Waals surface area contributed by atoms with Gasteiger partial charge < -0.3 is 10.6 Å². The summed E-state index contributed by atoms with van der Waals surface area (Å²) in [6, 6.07) is 0.265. The van der Waals surface area contributed by atoms with Gasteiger partial charge in [0.1, 0.15) is 0 Å². The molecule has 1 rings (SSSR count). The van der Waals surface area contributed by atoms with E-state index in [-0.39, 0.29) is 11.8 Å². The average molecular weight is 235 g/mol. The van der Waals surface area contributed by atoms with E-state index in [4.69, 9.17) is 10.9 Å². The normalized spacial score (nSPS) is 29.3. The number of sulfonamides is 1. The van der Waals surface area contributed by atoms with E-state index in [1.54, 1.807) is 0 Å². The van der Waals surface area contributed by atoms with Crippen LogP contribution in [0.1, 0.15) is 19.8 Å². The lowest BCUT2D eigenvalue weighted by atomic mass is 9.91. The van der Waals surface area contributed by atoms with E-state index in [9.17, 15) is 8.42 Å². The fraction of sp³-hybridized carbons (Fsp3) is 1.00. The van der Waals surface area contributed by atoms with Crippen LogP contribution in [-0.2, 0) is 10.0 Å². The van der Waals surface area contributed by atoms with Crippen molar-refractivity contribution < 1.29 is 8.42 Å². The topological polar surface area (TPSA) is 89.4 Å². The summed E-state index contributed by atoms with van der Waals surface area (Å²) in [4.78, 5) is 2.14. The summed E-state index contributed by atoms with van der Waals surface area (Å²) >= 11 is 0. The van der Waals surface area contributed by atoms with Gasteiger partial charge in [-0.05, 0) is 18.9 Å². The van der Waals surface area contributed by atoms with Crippen molar-refractivity contribution in [1.29, 1.82) is 0 Å². The van der Waals surface area contributed by atoms with Gasteiger partial charge in [0.2, 0.25) is 10.0 Å². The number of nitrogens with two attached hydrogens (primary N) is 2. The van der Waals surface area contributed by atoms with E-state index in [0.717, 1.165) is 25.9 Å². The molecule has 0 aromatic heterocycles. The molecule has 15 heavy (non-hydrogen) atoms. The van der Waals surface area contributed by atoms with Crippen LogP contribution >= 0.6 is 0 Å². The molecule has 0 radical (unpaired) electrons. The van der Waals surface area contributed by atoms with Crippen LogP contribution < -0.4 is 10.9 Å². The quantitative estimate of drug-likeness (QED) is 0.676. The molecule has 90 valence electrons. The fourth-order valence-electron chi connectivity index (χ4n) is 2.02. The summed E-state index contributed by atoms with van der Waals surface area (Å²) in [5.74, 6) is 0.526. The Labute approximate surface area is 91.9 Å². The van der Waals surface area contributed by atoms with Crippen LogP contribution in [0.5, 0.6) is 0 Å². The maximum Gasteiger partial charge on any atom is 0.210 e. The SMILES string of the molecule is CCC1CN(CCS(N)(=O)=O)CCC1N. The highest BCUT2D eigenvalue weighted by Gasteiger charge is 2.25. The second kappa shape index (κ2) is 5.25. The first kappa shape index (κ1) is 12.9. The Morgan fingerprint density at radius 2 is 2.13 bits per heavy atom. The molecule has 6 heteroatoms. The Kier molecular flexibility index (Phi) is 4.51. The van der Waals surface area contributed by atoms with Gasteiger partial charge in [-0.3, -0.25) is 0 Å². The molecule has 4 N–H and O–H groups in total. The highest BCUT2D eigenvalue weighted by molar-refractivity contribution is 7.89. The predicted molar refractivity (Wildman–Crippen MR) is 60.8 cm³/mol. The molecule has 1 aliphatic heterocycles. The molecule has 1 saturated heterocycles. The third-order valence-corrected chi connectivity index (χ3v) is 3.84. The van der Waals surface area contributed by atoms with Crippen molar-refractivity contribution in [2.24, 2.45) is 16.8 Å². The maximum atomic E-state index is 10.8. The molecular formula is C9H21N3O2S. The second-order valence-electron chi connectivity index (χ2n) is 4.29. The summed E-state index contributed by atoms with van der Waals surface area (Å²) in [5, 5.41) is 4.97. The number of rotatable bonds is 4. The zero-order chi connectivity index (χ0) is 11.5. The van der Waals surface area contributed by atoms with Crippen molar-refractivity contribution in [2.45, 2.75) is 25.8 Å². The molecule has 2 atom stereocenters. The number of nitrogens with zero attached hydrogens (tertiary/aromatic N) is 1. The molecule has 2 unspecified atom stereocenters. The molecule has 0 amide bonds. The van der Waals surface area contributed by atoms with Crippen molar-refractivity contribution in [1.82, 2.24) is 4.90 Å². The van der Waals surface area contributed by atoms with E-state index < -0.39 is 10.0 Å². The van der Waals surface area contributed by atoms with Gasteiger partial charge in [0.05, 0.1) is 5.75 Å². The zero-order valence-corrected chi connectivity index (χ0v) is 10.0. The largest absolute Gasteiger partial charge is 0.327 e. The molecule has 5 nitrogen and oxygen atoms in total. The van der Waals surface area contributed by atoms with Crippen molar-refractivity contribution in [2.75, 3.05) is 25.4 Å². The Morgan fingerprint density at radius 3 is 2.67 bits per heavy atom. The first-order valence-electron chi connectivity index (χ1n) is 5.40. The molecule has 0 aliphatic carbocycles. The third-order valence-electron chi connectivity index (χ3n) is 3.09. The zero-order valence-electron chi connectivity index (χ0n) is 9.22. The monoisotopic (exact) mass is 235 g/mol. The minimum absolute atomic E-state index is 0.0403. The Hall–Kier alpha value is -0.170. The van der Waals surface area contributed by atoms with E-state index in [1.807, 2.05) is 0 Å². The van der Waals surface area contributed by atoms with E-state index in [0.29, 0.717) is 12.5 Å². The number of piperidine rings is 1. The van der Waals surface area contributed by atoms with Gasteiger partial charge in [-0.25, -0.2) is 13.6 Å². The lowest BCUT2D eigenvalue weighted by molar-refractivity contribution is 0.159. The van der Waals surface area contributed by atoms with Crippen LogP contribution in [0.15, 0.2) is 0 Å². The smallest absolute Gasteiger partial charge is 0.210 e. The highest BCUT2D eigenvalue weighted by atomic mass is 32.2. The van der Waals surface area contributed by atoms with Crippen LogP contribution in [0.2, 0.25) is 0 Å². The van der Waals surface area contributed by atoms with E-state index in [2.05, 4.69) is 11.8 Å². The van der Waals surface area contributed by atoms with Gasteiger partial charge in [0, 0.05) is 19.1 Å². The Bertz CT molecular complexity index is 292. The predicted octanol–water partition coefficient (Wildman–Crippen LogP) is -0.666. The first-order valence-corrected chi connectivity index (χ1v) is 7.12. The molecule has 0 spiro atoms. The van der Waals surface area contributed by atoms with Gasteiger partial charge in [-0.1, -0.05) is 13.3 Å². The summed E-state index contributed by atoms with van der Waals surface area (Å²) in [6.07, 6.45) is 2.00. The van der Waals surface area contributed by atoms with Crippen LogP contribution in [0.4, 0.5) is 0 Å². The molecule has 1 aliphatic rings. The summed E-state index contributed by atoms with van der Waals surface area (Å²) in [5.41, 5.74) is 5.96. The highest BCUT2D eigenvalue weighted by Crippen LogP contribution is 2.18. The van der Waals surface area contributed by atoms with Crippen LogP contribution in [0.25, 0.3) is 0 Å². The Morgan fingerprint density at radius 1 is 1.47 bits per heavy atom. The van der Waals surface area contributed by atoms with E-state index >= 15 is 0 Å². The molecular weight excluding hydrogens is 214 g/mol. The van der Waals surface area contributed by atoms with Crippen molar-refractivity contribution in [3.05, 3.63) is 0 Å². The number of hydrogen-bond acceptors (Lipinski definition) is 4. The molecule has 0 aromatic rings. The van der Waals surface area contributed by atoms with Crippen LogP contribution in [0.3, 0.4) is 0 Å². The lowest BCUT2D eigenvalue weighted by Gasteiger charge is -2.36. The van der Waals surface area contributed by atoms with Gasteiger partial charge in [0.25, 0.3) is 0 Å². The van der Waals surface area contributed by atoms with Crippen molar-refractivity contribution >= 4 is 10.0 Å². The van der Waals surface area contributed by atoms with Crippen LogP contribution in [-0.4, -0.2) is 44.7 Å². The maximum absolute atomic E-state index is 10.8. The minimum atomic E-state index is -3.33. The average Bonchev–Trinajstić information content (AvgIpc) is 2.15. The second-order valence-corrected chi connectivity index (χ2v) is 6.02. The van der Waals surface area contributed by atoms with Gasteiger partial charge in [0.15, 0.2) is 0 Å². The van der Waals surface area contributed by atoms with Crippen molar-refractivity contribution in [3.63, 3.8) is 0 Å². The molecule has 0 bridgehead atoms. The van der Waals surface area contributed by atoms with Crippen molar-refractivity contribution in [3.8, 4) is 0 Å². The Balaban J connectivity index is 2.38.